The van der Waals surface area contributed by atoms with Gasteiger partial charge in [0.2, 0.25) is 11.9 Å². The molecule has 1 aromatic carbocycles. The topological polar surface area (TPSA) is 75.1 Å². The van der Waals surface area contributed by atoms with Crippen molar-refractivity contribution in [2.45, 2.75) is 52.5 Å². The van der Waals surface area contributed by atoms with Crippen molar-refractivity contribution < 1.29 is 9.18 Å². The highest BCUT2D eigenvalue weighted by atomic mass is 19.1. The molecule has 0 bridgehead atoms. The number of hydrogen-bond donors (Lipinski definition) is 0. The maximum atomic E-state index is 13.7. The third-order valence-electron chi connectivity index (χ3n) is 6.39. The summed E-state index contributed by atoms with van der Waals surface area (Å²) in [6.07, 6.45) is 1.94. The summed E-state index contributed by atoms with van der Waals surface area (Å²) in [7, 11) is 0. The Kier molecular flexibility index (Phi) is 5.52. The lowest BCUT2D eigenvalue weighted by atomic mass is 10.0. The van der Waals surface area contributed by atoms with Crippen molar-refractivity contribution in [1.82, 2.24) is 19.9 Å². The van der Waals surface area contributed by atoms with Gasteiger partial charge in [0.1, 0.15) is 17.5 Å². The molecule has 1 amide bonds. The van der Waals surface area contributed by atoms with E-state index in [0.29, 0.717) is 25.2 Å². The number of halogens is 1. The zero-order chi connectivity index (χ0) is 23.1. The van der Waals surface area contributed by atoms with Gasteiger partial charge >= 0.3 is 0 Å². The van der Waals surface area contributed by atoms with Gasteiger partial charge in [0.15, 0.2) is 0 Å². The second kappa shape index (κ2) is 8.50. The summed E-state index contributed by atoms with van der Waals surface area (Å²) in [6.45, 7) is 7.81. The van der Waals surface area contributed by atoms with E-state index in [1.165, 1.54) is 12.1 Å². The van der Waals surface area contributed by atoms with Crippen molar-refractivity contribution in [3.05, 3.63) is 70.2 Å². The van der Waals surface area contributed by atoms with Crippen LogP contribution in [0.4, 0.5) is 16.2 Å². The van der Waals surface area contributed by atoms with Crippen LogP contribution in [-0.4, -0.2) is 38.9 Å². The zero-order valence-electron chi connectivity index (χ0n) is 19.2. The summed E-state index contributed by atoms with van der Waals surface area (Å²) in [5.41, 5.74) is 4.56. The van der Waals surface area contributed by atoms with Crippen molar-refractivity contribution >= 4 is 17.7 Å². The Balaban J connectivity index is 1.44. The number of hydrogen-bond acceptors (Lipinski definition) is 6. The molecule has 170 valence electrons. The van der Waals surface area contributed by atoms with E-state index in [9.17, 15) is 9.18 Å². The number of aromatic nitrogens is 4. The number of carbonyl (C=O) groups is 1. The van der Waals surface area contributed by atoms with Crippen LogP contribution in [0.15, 0.2) is 30.3 Å². The second-order valence-corrected chi connectivity index (χ2v) is 8.96. The largest absolute Gasteiger partial charge is 0.340 e. The average Bonchev–Trinajstić information content (AvgIpc) is 3.25. The quantitative estimate of drug-likeness (QED) is 0.607. The second-order valence-electron chi connectivity index (χ2n) is 8.96. The van der Waals surface area contributed by atoms with Gasteiger partial charge in [-0.05, 0) is 57.4 Å². The minimum Gasteiger partial charge on any atom is -0.340 e. The van der Waals surface area contributed by atoms with Crippen molar-refractivity contribution in [2.75, 3.05) is 22.9 Å². The third kappa shape index (κ3) is 4.29. The maximum absolute atomic E-state index is 13.7. The SMILES string of the molecule is Cc1cc(C)nc(N2CC[C@H](c3nc(C)c4c(n3)N(Cc3cccc(F)c3)C(=O)CC4)C2)n1. The Morgan fingerprint density at radius 3 is 2.58 bits per heavy atom. The molecule has 7 nitrogen and oxygen atoms in total. The fourth-order valence-electron chi connectivity index (χ4n) is 4.77. The summed E-state index contributed by atoms with van der Waals surface area (Å²) in [5, 5.41) is 0. The smallest absolute Gasteiger partial charge is 0.228 e. The molecule has 5 rings (SSSR count). The van der Waals surface area contributed by atoms with E-state index in [4.69, 9.17) is 9.97 Å². The first-order valence-electron chi connectivity index (χ1n) is 11.4. The minimum atomic E-state index is -0.309. The normalized spacial score (nSPS) is 18.1. The molecule has 1 fully saturated rings. The number of carbonyl (C=O) groups excluding carboxylic acids is 1. The average molecular weight is 447 g/mol. The fourth-order valence-corrected chi connectivity index (χ4v) is 4.77. The Morgan fingerprint density at radius 2 is 1.82 bits per heavy atom. The van der Waals surface area contributed by atoms with Crippen LogP contribution >= 0.6 is 0 Å². The van der Waals surface area contributed by atoms with E-state index < -0.39 is 0 Å². The van der Waals surface area contributed by atoms with Crippen LogP contribution in [0, 0.1) is 26.6 Å². The number of aryl methyl sites for hydroxylation is 3. The summed E-state index contributed by atoms with van der Waals surface area (Å²) in [5.74, 6) is 1.99. The first-order chi connectivity index (χ1) is 15.9. The Bertz CT molecular complexity index is 1210. The molecular weight excluding hydrogens is 419 g/mol. The lowest BCUT2D eigenvalue weighted by molar-refractivity contribution is -0.119. The molecule has 3 aromatic rings. The molecule has 0 spiro atoms. The van der Waals surface area contributed by atoms with Crippen LogP contribution in [0.25, 0.3) is 0 Å². The molecule has 2 aliphatic heterocycles. The Morgan fingerprint density at radius 1 is 1.03 bits per heavy atom. The highest BCUT2D eigenvalue weighted by Crippen LogP contribution is 2.33. The summed E-state index contributed by atoms with van der Waals surface area (Å²) < 4.78 is 13.7. The number of amides is 1. The Hall–Kier alpha value is -3.42. The molecular formula is C25H27FN6O. The first-order valence-corrected chi connectivity index (χ1v) is 11.4. The molecule has 2 aliphatic rings. The van der Waals surface area contributed by atoms with E-state index in [1.54, 1.807) is 11.0 Å². The highest BCUT2D eigenvalue weighted by molar-refractivity contribution is 5.95. The molecule has 1 atom stereocenters. The van der Waals surface area contributed by atoms with E-state index >= 15 is 0 Å². The van der Waals surface area contributed by atoms with Crippen molar-refractivity contribution in [3.8, 4) is 0 Å². The molecule has 0 N–H and O–H groups in total. The predicted molar refractivity (Wildman–Crippen MR) is 124 cm³/mol. The van der Waals surface area contributed by atoms with Gasteiger partial charge < -0.3 is 4.90 Å². The molecule has 4 heterocycles. The molecule has 1 saturated heterocycles. The highest BCUT2D eigenvalue weighted by Gasteiger charge is 2.32. The van der Waals surface area contributed by atoms with Gasteiger partial charge in [-0.15, -0.1) is 0 Å². The molecule has 33 heavy (non-hydrogen) atoms. The van der Waals surface area contributed by atoms with Crippen LogP contribution in [0.1, 0.15) is 52.8 Å². The van der Waals surface area contributed by atoms with Gasteiger partial charge in [-0.1, -0.05) is 12.1 Å². The lowest BCUT2D eigenvalue weighted by Crippen LogP contribution is -2.36. The van der Waals surface area contributed by atoms with Crippen LogP contribution in [0.5, 0.6) is 0 Å². The standard InChI is InChI=1S/C25H27FN6O/c1-15-11-16(2)28-25(27-15)31-10-9-19(14-31)23-29-17(3)21-7-8-22(33)32(24(21)30-23)13-18-5-4-6-20(26)12-18/h4-6,11-12,19H,7-10,13-14H2,1-3H3/t19-/m0/s1. The van der Waals surface area contributed by atoms with E-state index in [0.717, 1.165) is 59.5 Å². The fraction of sp³-hybridized carbons (Fsp3) is 0.400. The van der Waals surface area contributed by atoms with Gasteiger partial charge in [-0.25, -0.2) is 24.3 Å². The van der Waals surface area contributed by atoms with Gasteiger partial charge in [0.05, 0.1) is 6.54 Å². The van der Waals surface area contributed by atoms with Crippen molar-refractivity contribution in [1.29, 1.82) is 0 Å². The lowest BCUT2D eigenvalue weighted by Gasteiger charge is -2.30. The first kappa shape index (κ1) is 21.4. The molecule has 0 radical (unpaired) electrons. The molecule has 2 aromatic heterocycles. The number of nitrogens with zero attached hydrogens (tertiary/aromatic N) is 6. The summed E-state index contributed by atoms with van der Waals surface area (Å²) >= 11 is 0. The monoisotopic (exact) mass is 446 g/mol. The van der Waals surface area contributed by atoms with E-state index in [2.05, 4.69) is 14.9 Å². The molecule has 8 heteroatoms. The maximum Gasteiger partial charge on any atom is 0.228 e. The molecule has 0 aliphatic carbocycles. The number of fused-ring (bicyclic) bond motifs is 1. The van der Waals surface area contributed by atoms with Crippen molar-refractivity contribution in [2.24, 2.45) is 0 Å². The van der Waals surface area contributed by atoms with Crippen LogP contribution in [0.2, 0.25) is 0 Å². The zero-order valence-corrected chi connectivity index (χ0v) is 19.2. The predicted octanol–water partition coefficient (Wildman–Crippen LogP) is 3.80. The van der Waals surface area contributed by atoms with E-state index in [1.807, 2.05) is 32.9 Å². The minimum absolute atomic E-state index is 0.00694. The van der Waals surface area contributed by atoms with Crippen LogP contribution in [0.3, 0.4) is 0 Å². The van der Waals surface area contributed by atoms with Gasteiger partial charge in [-0.3, -0.25) is 9.69 Å². The van der Waals surface area contributed by atoms with Gasteiger partial charge in [0.25, 0.3) is 0 Å². The number of anilines is 2. The van der Waals surface area contributed by atoms with Gasteiger partial charge in [0, 0.05) is 48.1 Å². The molecule has 0 unspecified atom stereocenters. The van der Waals surface area contributed by atoms with Crippen LogP contribution < -0.4 is 9.80 Å². The summed E-state index contributed by atoms with van der Waals surface area (Å²) in [4.78, 5) is 35.6. The van der Waals surface area contributed by atoms with Crippen LogP contribution in [-0.2, 0) is 17.8 Å². The summed E-state index contributed by atoms with van der Waals surface area (Å²) in [6, 6.07) is 8.34. The number of rotatable bonds is 4. The van der Waals surface area contributed by atoms with Gasteiger partial charge in [-0.2, -0.15) is 0 Å². The third-order valence-corrected chi connectivity index (χ3v) is 6.39. The molecule has 0 saturated carbocycles. The Labute approximate surface area is 192 Å². The van der Waals surface area contributed by atoms with Crippen molar-refractivity contribution in [3.63, 3.8) is 0 Å². The van der Waals surface area contributed by atoms with E-state index in [-0.39, 0.29) is 17.6 Å². The number of benzene rings is 1.